The summed E-state index contributed by atoms with van der Waals surface area (Å²) in [6.45, 7) is 1.39. The molecule has 1 atom stereocenters. The number of benzene rings is 1. The van der Waals surface area contributed by atoms with Crippen LogP contribution in [0.5, 0.6) is 0 Å². The number of thiophene rings is 1. The SMILES string of the molecule is COCCn1c(=NC(=O)C2CCCN(S(=O)(=O)c3cccs3)C2)sc2cc(F)ccc21. The lowest BCUT2D eigenvalue weighted by atomic mass is 9.99. The number of rotatable bonds is 6. The predicted molar refractivity (Wildman–Crippen MR) is 118 cm³/mol. The average Bonchev–Trinajstić information content (AvgIpc) is 3.41. The van der Waals surface area contributed by atoms with Gasteiger partial charge in [-0.15, -0.1) is 11.3 Å². The second kappa shape index (κ2) is 9.29. The molecule has 0 N–H and O–H groups in total. The summed E-state index contributed by atoms with van der Waals surface area (Å²) in [6.07, 6.45) is 1.17. The standard InChI is InChI=1S/C20H22FN3O4S3/c1-28-10-9-24-16-7-6-15(21)12-17(16)30-20(24)22-19(25)14-4-2-8-23(13-14)31(26,27)18-5-3-11-29-18/h3,5-7,11-12,14H,2,4,8-10,13H2,1H3. The smallest absolute Gasteiger partial charge is 0.252 e. The monoisotopic (exact) mass is 483 g/mol. The molecule has 1 aliphatic rings. The molecule has 2 aromatic heterocycles. The van der Waals surface area contributed by atoms with Crippen LogP contribution in [-0.2, 0) is 26.1 Å². The quantitative estimate of drug-likeness (QED) is 0.540. The van der Waals surface area contributed by atoms with Crippen molar-refractivity contribution in [3.05, 3.63) is 46.3 Å². The van der Waals surface area contributed by atoms with Crippen LogP contribution in [-0.4, -0.2) is 50.0 Å². The molecule has 0 radical (unpaired) electrons. The topological polar surface area (TPSA) is 81.0 Å². The Hall–Kier alpha value is -1.92. The summed E-state index contributed by atoms with van der Waals surface area (Å²) in [5, 5.41) is 1.72. The fraction of sp³-hybridized carbons (Fsp3) is 0.400. The number of aromatic nitrogens is 1. The van der Waals surface area contributed by atoms with Gasteiger partial charge in [0, 0.05) is 26.7 Å². The second-order valence-electron chi connectivity index (χ2n) is 7.23. The van der Waals surface area contributed by atoms with Crippen molar-refractivity contribution in [3.8, 4) is 0 Å². The minimum Gasteiger partial charge on any atom is -0.383 e. The number of carbonyl (C=O) groups excluding carboxylic acids is 1. The van der Waals surface area contributed by atoms with Crippen LogP contribution in [0.25, 0.3) is 10.2 Å². The fourth-order valence-electron chi connectivity index (χ4n) is 3.62. The number of sulfonamides is 1. The molecule has 0 saturated carbocycles. The first-order valence-electron chi connectivity index (χ1n) is 9.80. The van der Waals surface area contributed by atoms with Gasteiger partial charge in [0.25, 0.3) is 15.9 Å². The van der Waals surface area contributed by atoms with Gasteiger partial charge in [-0.1, -0.05) is 17.4 Å². The third kappa shape index (κ3) is 4.65. The van der Waals surface area contributed by atoms with Crippen LogP contribution in [0.15, 0.2) is 44.9 Å². The molecular formula is C20H22FN3O4S3. The van der Waals surface area contributed by atoms with E-state index in [0.717, 1.165) is 5.52 Å². The van der Waals surface area contributed by atoms with E-state index in [1.54, 1.807) is 30.7 Å². The summed E-state index contributed by atoms with van der Waals surface area (Å²) >= 11 is 2.40. The Morgan fingerprint density at radius 2 is 2.19 bits per heavy atom. The minimum atomic E-state index is -3.61. The average molecular weight is 484 g/mol. The molecular weight excluding hydrogens is 461 g/mol. The van der Waals surface area contributed by atoms with Gasteiger partial charge < -0.3 is 9.30 Å². The number of ether oxygens (including phenoxy) is 1. The molecule has 0 spiro atoms. The van der Waals surface area contributed by atoms with Crippen LogP contribution in [0.3, 0.4) is 0 Å². The highest BCUT2D eigenvalue weighted by Gasteiger charge is 2.33. The van der Waals surface area contributed by atoms with Crippen molar-refractivity contribution in [2.24, 2.45) is 10.9 Å². The summed E-state index contributed by atoms with van der Waals surface area (Å²) in [5.41, 5.74) is 0.778. The summed E-state index contributed by atoms with van der Waals surface area (Å²) in [4.78, 5) is 17.8. The molecule has 1 aromatic carbocycles. The number of hydrogen-bond acceptors (Lipinski definition) is 6. The van der Waals surface area contributed by atoms with Gasteiger partial charge in [0.2, 0.25) is 0 Å². The minimum absolute atomic E-state index is 0.111. The first-order valence-corrected chi connectivity index (χ1v) is 12.9. The van der Waals surface area contributed by atoms with Gasteiger partial charge >= 0.3 is 0 Å². The molecule has 31 heavy (non-hydrogen) atoms. The zero-order chi connectivity index (χ0) is 22.0. The second-order valence-corrected chi connectivity index (χ2v) is 11.3. The summed E-state index contributed by atoms with van der Waals surface area (Å²) in [5.74, 6) is -1.22. The van der Waals surface area contributed by atoms with Crippen LogP contribution in [0, 0.1) is 11.7 Å². The molecule has 1 amide bonds. The number of methoxy groups -OCH3 is 1. The van der Waals surface area contributed by atoms with Gasteiger partial charge in [0.1, 0.15) is 10.0 Å². The van der Waals surface area contributed by atoms with E-state index in [2.05, 4.69) is 4.99 Å². The lowest BCUT2D eigenvalue weighted by molar-refractivity contribution is -0.122. The van der Waals surface area contributed by atoms with Gasteiger partial charge in [-0.3, -0.25) is 4.79 Å². The van der Waals surface area contributed by atoms with Gasteiger partial charge in [-0.05, 0) is 42.5 Å². The van der Waals surface area contributed by atoms with Crippen molar-refractivity contribution >= 4 is 48.8 Å². The number of fused-ring (bicyclic) bond motifs is 1. The normalized spacial score (nSPS) is 18.6. The number of carbonyl (C=O) groups is 1. The van der Waals surface area contributed by atoms with Crippen molar-refractivity contribution in [2.75, 3.05) is 26.8 Å². The number of amides is 1. The number of thiazole rings is 1. The van der Waals surface area contributed by atoms with Crippen LogP contribution < -0.4 is 4.80 Å². The van der Waals surface area contributed by atoms with Crippen molar-refractivity contribution in [3.63, 3.8) is 0 Å². The van der Waals surface area contributed by atoms with Crippen LogP contribution >= 0.6 is 22.7 Å². The molecule has 0 bridgehead atoms. The first-order chi connectivity index (χ1) is 14.9. The van der Waals surface area contributed by atoms with Gasteiger partial charge in [0.15, 0.2) is 4.80 Å². The van der Waals surface area contributed by atoms with E-state index >= 15 is 0 Å². The molecule has 7 nitrogen and oxygen atoms in total. The summed E-state index contributed by atoms with van der Waals surface area (Å²) in [6, 6.07) is 7.73. The summed E-state index contributed by atoms with van der Waals surface area (Å²) in [7, 11) is -2.02. The first kappa shape index (κ1) is 22.3. The van der Waals surface area contributed by atoms with Crippen molar-refractivity contribution in [2.45, 2.75) is 23.6 Å². The maximum absolute atomic E-state index is 13.7. The molecule has 166 valence electrons. The van der Waals surface area contributed by atoms with Crippen LogP contribution in [0.2, 0.25) is 0 Å². The predicted octanol–water partition coefficient (Wildman–Crippen LogP) is 3.08. The molecule has 3 heterocycles. The molecule has 0 aliphatic carbocycles. The van der Waals surface area contributed by atoms with E-state index in [9.17, 15) is 17.6 Å². The van der Waals surface area contributed by atoms with Crippen LogP contribution in [0.1, 0.15) is 12.8 Å². The number of piperidine rings is 1. The van der Waals surface area contributed by atoms with E-state index in [1.807, 2.05) is 4.57 Å². The van der Waals surface area contributed by atoms with E-state index in [4.69, 9.17) is 4.74 Å². The van der Waals surface area contributed by atoms with Crippen molar-refractivity contribution in [1.82, 2.24) is 8.87 Å². The van der Waals surface area contributed by atoms with E-state index in [0.29, 0.717) is 42.0 Å². The lowest BCUT2D eigenvalue weighted by Gasteiger charge is -2.29. The van der Waals surface area contributed by atoms with Gasteiger partial charge in [-0.2, -0.15) is 9.30 Å². The Bertz CT molecular complexity index is 1250. The Balaban J connectivity index is 1.63. The van der Waals surface area contributed by atoms with E-state index in [-0.39, 0.29) is 22.5 Å². The lowest BCUT2D eigenvalue weighted by Crippen LogP contribution is -2.42. The molecule has 4 rings (SSSR count). The Morgan fingerprint density at radius 1 is 1.35 bits per heavy atom. The number of halogens is 1. The molecule has 1 fully saturated rings. The van der Waals surface area contributed by atoms with Gasteiger partial charge in [0.05, 0.1) is 22.7 Å². The fourth-order valence-corrected chi connectivity index (χ4v) is 7.37. The molecule has 1 saturated heterocycles. The Labute approximate surface area is 187 Å². The zero-order valence-corrected chi connectivity index (χ0v) is 19.3. The molecule has 1 unspecified atom stereocenters. The van der Waals surface area contributed by atoms with Gasteiger partial charge in [-0.25, -0.2) is 12.8 Å². The molecule has 3 aromatic rings. The number of hydrogen-bond donors (Lipinski definition) is 0. The Kier molecular flexibility index (Phi) is 6.68. The highest BCUT2D eigenvalue weighted by atomic mass is 32.2. The molecule has 1 aliphatic heterocycles. The Morgan fingerprint density at radius 3 is 2.94 bits per heavy atom. The summed E-state index contributed by atoms with van der Waals surface area (Å²) < 4.78 is 48.7. The third-order valence-corrected chi connectivity index (χ3v) is 9.47. The van der Waals surface area contributed by atoms with Crippen molar-refractivity contribution < 1.29 is 22.3 Å². The highest BCUT2D eigenvalue weighted by molar-refractivity contribution is 7.91. The van der Waals surface area contributed by atoms with Crippen LogP contribution in [0.4, 0.5) is 4.39 Å². The van der Waals surface area contributed by atoms with Crippen molar-refractivity contribution in [1.29, 1.82) is 0 Å². The highest BCUT2D eigenvalue weighted by Crippen LogP contribution is 2.27. The zero-order valence-electron chi connectivity index (χ0n) is 16.9. The van der Waals surface area contributed by atoms with E-state index in [1.165, 1.54) is 39.1 Å². The maximum atomic E-state index is 13.7. The third-order valence-electron chi connectivity index (χ3n) is 5.19. The maximum Gasteiger partial charge on any atom is 0.252 e. The van der Waals surface area contributed by atoms with E-state index < -0.39 is 15.9 Å². The largest absolute Gasteiger partial charge is 0.383 e. The molecule has 11 heteroatoms. The number of nitrogens with zero attached hydrogens (tertiary/aromatic N) is 3.